The minimum absolute atomic E-state index is 0.232. The third-order valence-corrected chi connectivity index (χ3v) is 3.90. The molecule has 100 valence electrons. The molecule has 3 heteroatoms. The highest BCUT2D eigenvalue weighted by molar-refractivity contribution is 5.54. The molecule has 1 aromatic carbocycles. The summed E-state index contributed by atoms with van der Waals surface area (Å²) in [5, 5.41) is 0. The zero-order valence-corrected chi connectivity index (χ0v) is 11.2. The fourth-order valence-corrected chi connectivity index (χ4v) is 2.67. The van der Waals surface area contributed by atoms with E-state index in [2.05, 4.69) is 6.92 Å². The van der Waals surface area contributed by atoms with Gasteiger partial charge in [-0.1, -0.05) is 19.8 Å². The van der Waals surface area contributed by atoms with Gasteiger partial charge in [0.15, 0.2) is 0 Å². The van der Waals surface area contributed by atoms with Crippen LogP contribution >= 0.6 is 0 Å². The summed E-state index contributed by atoms with van der Waals surface area (Å²) < 4.78 is 19.3. The molecule has 1 aliphatic rings. The minimum Gasteiger partial charge on any atom is -0.488 e. The lowest BCUT2D eigenvalue weighted by Gasteiger charge is -2.29. The molecule has 0 amide bonds. The number of halogens is 1. The number of hydrogen-bond acceptors (Lipinski definition) is 2. The lowest BCUT2D eigenvalue weighted by atomic mass is 9.85. The van der Waals surface area contributed by atoms with E-state index >= 15 is 0 Å². The van der Waals surface area contributed by atoms with Gasteiger partial charge in [0.05, 0.1) is 11.8 Å². The fourth-order valence-electron chi connectivity index (χ4n) is 2.67. The molecule has 0 aliphatic heterocycles. The predicted molar refractivity (Wildman–Crippen MR) is 72.2 cm³/mol. The third-order valence-electron chi connectivity index (χ3n) is 3.90. The molecule has 1 saturated carbocycles. The molecule has 0 radical (unpaired) electrons. The molecule has 0 spiro atoms. The molecule has 1 fully saturated rings. The van der Waals surface area contributed by atoms with E-state index in [1.165, 1.54) is 25.3 Å². The van der Waals surface area contributed by atoms with Gasteiger partial charge in [0.1, 0.15) is 11.6 Å². The van der Waals surface area contributed by atoms with Gasteiger partial charge in [0, 0.05) is 6.07 Å². The monoisotopic (exact) mass is 251 g/mol. The quantitative estimate of drug-likeness (QED) is 0.822. The van der Waals surface area contributed by atoms with Crippen molar-refractivity contribution in [3.8, 4) is 5.75 Å². The number of aryl methyl sites for hydroxylation is 1. The summed E-state index contributed by atoms with van der Waals surface area (Å²) in [5.74, 6) is 1.12. The van der Waals surface area contributed by atoms with Crippen LogP contribution in [0.3, 0.4) is 0 Å². The van der Waals surface area contributed by atoms with Gasteiger partial charge in [0.2, 0.25) is 0 Å². The van der Waals surface area contributed by atoms with Gasteiger partial charge in [-0.05, 0) is 43.7 Å². The molecular weight excluding hydrogens is 229 g/mol. The lowest BCUT2D eigenvalue weighted by molar-refractivity contribution is 0.122. The smallest absolute Gasteiger partial charge is 0.143 e. The van der Waals surface area contributed by atoms with Gasteiger partial charge in [0.25, 0.3) is 0 Å². The van der Waals surface area contributed by atoms with Gasteiger partial charge >= 0.3 is 0 Å². The fraction of sp³-hybridized carbons (Fsp3) is 0.600. The van der Waals surface area contributed by atoms with E-state index in [4.69, 9.17) is 10.5 Å². The Bertz CT molecular complexity index is 419. The third kappa shape index (κ3) is 2.95. The lowest BCUT2D eigenvalue weighted by Crippen LogP contribution is -2.25. The summed E-state index contributed by atoms with van der Waals surface area (Å²) >= 11 is 0. The summed E-state index contributed by atoms with van der Waals surface area (Å²) in [6.45, 7) is 3.96. The molecule has 18 heavy (non-hydrogen) atoms. The summed E-state index contributed by atoms with van der Waals surface area (Å²) in [5.41, 5.74) is 6.79. The van der Waals surface area contributed by atoms with E-state index < -0.39 is 0 Å². The molecule has 2 nitrogen and oxygen atoms in total. The maximum absolute atomic E-state index is 13.3. The Morgan fingerprint density at radius 1 is 1.39 bits per heavy atom. The van der Waals surface area contributed by atoms with Crippen molar-refractivity contribution >= 4 is 5.69 Å². The van der Waals surface area contributed by atoms with Gasteiger partial charge in [-0.15, -0.1) is 0 Å². The molecule has 1 aromatic rings. The summed E-state index contributed by atoms with van der Waals surface area (Å²) in [6.07, 6.45) is 6.12. The SMILES string of the molecule is CCC1CCCC(Oc2cc(C)c(F)cc2N)C1. The van der Waals surface area contributed by atoms with E-state index in [9.17, 15) is 4.39 Å². The van der Waals surface area contributed by atoms with Crippen molar-refractivity contribution < 1.29 is 9.13 Å². The van der Waals surface area contributed by atoms with Gasteiger partial charge in [-0.3, -0.25) is 0 Å². The highest BCUT2D eigenvalue weighted by Crippen LogP contribution is 2.32. The van der Waals surface area contributed by atoms with Crippen LogP contribution in [0.15, 0.2) is 12.1 Å². The zero-order chi connectivity index (χ0) is 13.1. The number of nitrogens with two attached hydrogens (primary N) is 1. The van der Waals surface area contributed by atoms with Gasteiger partial charge in [-0.2, -0.15) is 0 Å². The Morgan fingerprint density at radius 3 is 2.89 bits per heavy atom. The van der Waals surface area contributed by atoms with E-state index in [0.29, 0.717) is 17.0 Å². The summed E-state index contributed by atoms with van der Waals surface area (Å²) in [4.78, 5) is 0. The Balaban J connectivity index is 2.07. The minimum atomic E-state index is -0.269. The van der Waals surface area contributed by atoms with Crippen molar-refractivity contribution in [3.05, 3.63) is 23.5 Å². The number of ether oxygens (including phenoxy) is 1. The second-order valence-electron chi connectivity index (χ2n) is 5.32. The van der Waals surface area contributed by atoms with Crippen LogP contribution in [0.5, 0.6) is 5.75 Å². The van der Waals surface area contributed by atoms with E-state index in [1.54, 1.807) is 13.0 Å². The number of hydrogen-bond donors (Lipinski definition) is 1. The second-order valence-corrected chi connectivity index (χ2v) is 5.32. The molecular formula is C15H22FNO. The Hall–Kier alpha value is -1.25. The first-order valence-electron chi connectivity index (χ1n) is 6.82. The normalized spacial score (nSPS) is 23.9. The van der Waals surface area contributed by atoms with Crippen LogP contribution < -0.4 is 10.5 Å². The summed E-state index contributed by atoms with van der Waals surface area (Å²) in [6, 6.07) is 3.06. The molecule has 0 saturated heterocycles. The van der Waals surface area contributed by atoms with Crippen LogP contribution in [0, 0.1) is 18.7 Å². The van der Waals surface area contributed by atoms with Crippen LogP contribution in [0.2, 0.25) is 0 Å². The number of rotatable bonds is 3. The number of benzene rings is 1. The molecule has 2 unspecified atom stereocenters. The van der Waals surface area contributed by atoms with Crippen molar-refractivity contribution in [2.24, 2.45) is 5.92 Å². The second kappa shape index (κ2) is 5.59. The molecule has 2 rings (SSSR count). The molecule has 0 bridgehead atoms. The highest BCUT2D eigenvalue weighted by Gasteiger charge is 2.22. The van der Waals surface area contributed by atoms with Crippen molar-refractivity contribution in [1.29, 1.82) is 0 Å². The van der Waals surface area contributed by atoms with Crippen LogP contribution in [0.4, 0.5) is 10.1 Å². The molecule has 1 aliphatic carbocycles. The average Bonchev–Trinajstić information content (AvgIpc) is 2.36. The predicted octanol–water partition coefficient (Wildman–Crippen LogP) is 4.06. The first kappa shape index (κ1) is 13.2. The van der Waals surface area contributed by atoms with Crippen molar-refractivity contribution in [1.82, 2.24) is 0 Å². The first-order valence-corrected chi connectivity index (χ1v) is 6.82. The van der Waals surface area contributed by atoms with Crippen molar-refractivity contribution in [2.45, 2.75) is 52.1 Å². The van der Waals surface area contributed by atoms with Gasteiger partial charge in [-0.25, -0.2) is 4.39 Å². The van der Waals surface area contributed by atoms with Crippen molar-refractivity contribution in [3.63, 3.8) is 0 Å². The Morgan fingerprint density at radius 2 is 2.17 bits per heavy atom. The maximum Gasteiger partial charge on any atom is 0.143 e. The molecule has 2 N–H and O–H groups in total. The average molecular weight is 251 g/mol. The van der Waals surface area contributed by atoms with E-state index in [-0.39, 0.29) is 11.9 Å². The molecule has 0 heterocycles. The standard InChI is InChI=1S/C15H22FNO/c1-3-11-5-4-6-12(8-11)18-15-7-10(2)13(16)9-14(15)17/h7,9,11-12H,3-6,8,17H2,1-2H3. The number of anilines is 1. The van der Waals surface area contributed by atoms with Crippen LogP contribution in [0.1, 0.15) is 44.6 Å². The first-order chi connectivity index (χ1) is 8.60. The van der Waals surface area contributed by atoms with Crippen LogP contribution in [-0.4, -0.2) is 6.10 Å². The Kier molecular flexibility index (Phi) is 4.10. The summed E-state index contributed by atoms with van der Waals surface area (Å²) in [7, 11) is 0. The topological polar surface area (TPSA) is 35.2 Å². The van der Waals surface area contributed by atoms with Crippen LogP contribution in [0.25, 0.3) is 0 Å². The Labute approximate surface area is 108 Å². The largest absolute Gasteiger partial charge is 0.488 e. The highest BCUT2D eigenvalue weighted by atomic mass is 19.1. The van der Waals surface area contributed by atoms with E-state index in [1.807, 2.05) is 0 Å². The van der Waals surface area contributed by atoms with Gasteiger partial charge < -0.3 is 10.5 Å². The molecule has 0 aromatic heterocycles. The van der Waals surface area contributed by atoms with Crippen LogP contribution in [-0.2, 0) is 0 Å². The van der Waals surface area contributed by atoms with Crippen molar-refractivity contribution in [2.75, 3.05) is 5.73 Å². The number of nitrogen functional groups attached to an aromatic ring is 1. The zero-order valence-electron chi connectivity index (χ0n) is 11.2. The molecule has 2 atom stereocenters. The maximum atomic E-state index is 13.3. The van der Waals surface area contributed by atoms with E-state index in [0.717, 1.165) is 18.8 Å².